The highest BCUT2D eigenvalue weighted by molar-refractivity contribution is 5.26. The van der Waals surface area contributed by atoms with E-state index in [0.29, 0.717) is 10.8 Å². The van der Waals surface area contributed by atoms with E-state index in [2.05, 4.69) is 38.7 Å². The van der Waals surface area contributed by atoms with Crippen LogP contribution in [-0.2, 0) is 0 Å². The fourth-order valence-corrected chi connectivity index (χ4v) is 10.4. The van der Waals surface area contributed by atoms with E-state index in [0.717, 1.165) is 60.4 Å². The van der Waals surface area contributed by atoms with Gasteiger partial charge in [0.15, 0.2) is 0 Å². The maximum absolute atomic E-state index is 10.3. The van der Waals surface area contributed by atoms with Crippen LogP contribution in [0.5, 0.6) is 0 Å². The lowest BCUT2D eigenvalue weighted by molar-refractivity contribution is -0.0574. The number of fused-ring (bicyclic) bond motifs is 9. The van der Waals surface area contributed by atoms with Crippen molar-refractivity contribution in [3.63, 3.8) is 0 Å². The predicted octanol–water partition coefficient (Wildman–Crippen LogP) is 5.66. The van der Waals surface area contributed by atoms with Crippen molar-refractivity contribution in [1.82, 2.24) is 4.90 Å². The van der Waals surface area contributed by atoms with Crippen LogP contribution in [0.25, 0.3) is 0 Å². The minimum absolute atomic E-state index is 0.0792. The van der Waals surface area contributed by atoms with E-state index in [-0.39, 0.29) is 6.10 Å². The van der Waals surface area contributed by atoms with Crippen molar-refractivity contribution in [1.29, 1.82) is 0 Å². The van der Waals surface area contributed by atoms with E-state index in [4.69, 9.17) is 0 Å². The molecule has 2 aliphatic heterocycles. The molecule has 0 aromatic rings. The van der Waals surface area contributed by atoms with Gasteiger partial charge in [0.05, 0.1) is 6.10 Å². The number of piperidine rings is 1. The van der Waals surface area contributed by atoms with Gasteiger partial charge in [-0.2, -0.15) is 0 Å². The SMILES string of the molecule is C[C@H]1CC[C@H]2[C@@H](C)[C@H]3[C@H](C[C@H]4[C@@H]5CC=C6C[C@@H](O)CC[C@]6(C)[C@H]5CC[C@]34C)N2C1. The molecule has 6 rings (SSSR count). The minimum Gasteiger partial charge on any atom is -0.393 e. The zero-order valence-electron chi connectivity index (χ0n) is 19.2. The molecule has 29 heavy (non-hydrogen) atoms. The average molecular weight is 398 g/mol. The normalized spacial score (nSPS) is 59.2. The van der Waals surface area contributed by atoms with E-state index in [1.54, 1.807) is 5.57 Å². The highest BCUT2D eigenvalue weighted by Gasteiger charge is 2.66. The fraction of sp³-hybridized carbons (Fsp3) is 0.926. The molecule has 0 aromatic carbocycles. The van der Waals surface area contributed by atoms with E-state index < -0.39 is 0 Å². The number of allylic oxidation sites excluding steroid dienone is 1. The molecule has 4 aliphatic carbocycles. The van der Waals surface area contributed by atoms with Crippen LogP contribution in [0, 0.1) is 46.3 Å². The lowest BCUT2D eigenvalue weighted by atomic mass is 9.47. The molecule has 3 saturated carbocycles. The monoisotopic (exact) mass is 397 g/mol. The Balaban J connectivity index is 1.33. The molecule has 2 saturated heterocycles. The first-order valence-electron chi connectivity index (χ1n) is 13.0. The van der Waals surface area contributed by atoms with Crippen molar-refractivity contribution in [3.8, 4) is 0 Å². The van der Waals surface area contributed by atoms with Gasteiger partial charge in [-0.3, -0.25) is 4.90 Å². The topological polar surface area (TPSA) is 23.5 Å². The van der Waals surface area contributed by atoms with Crippen molar-refractivity contribution in [2.75, 3.05) is 6.54 Å². The predicted molar refractivity (Wildman–Crippen MR) is 118 cm³/mol. The first-order valence-corrected chi connectivity index (χ1v) is 13.0. The van der Waals surface area contributed by atoms with Crippen LogP contribution in [0.4, 0.5) is 0 Å². The van der Waals surface area contributed by atoms with Gasteiger partial charge in [-0.05, 0) is 104 Å². The Morgan fingerprint density at radius 1 is 1.00 bits per heavy atom. The Kier molecular flexibility index (Phi) is 4.23. The molecule has 0 aromatic heterocycles. The molecule has 0 bridgehead atoms. The zero-order chi connectivity index (χ0) is 20.1. The van der Waals surface area contributed by atoms with E-state index in [9.17, 15) is 5.11 Å². The number of nitrogens with zero attached hydrogens (tertiary/aromatic N) is 1. The third-order valence-electron chi connectivity index (χ3n) is 11.7. The molecule has 11 atom stereocenters. The molecule has 5 fully saturated rings. The maximum atomic E-state index is 10.3. The average Bonchev–Trinajstić information content (AvgIpc) is 3.15. The largest absolute Gasteiger partial charge is 0.393 e. The van der Waals surface area contributed by atoms with Crippen LogP contribution in [0.1, 0.15) is 85.5 Å². The molecule has 1 N–H and O–H groups in total. The Morgan fingerprint density at radius 2 is 1.83 bits per heavy atom. The standard InChI is InChI=1S/C27H43NO/c1-16-5-8-23-17(2)25-24(28(23)15-16)14-22-20-7-6-18-13-19(29)9-11-26(18,3)21(20)10-12-27(22,25)4/h6,16-17,19-25,29H,5,7-15H2,1-4H3/t16-,17+,19-,20+,21-,22-,23-,24-,25-,26-,27-/m0/s1. The quantitative estimate of drug-likeness (QED) is 0.534. The Bertz CT molecular complexity index is 715. The highest BCUT2D eigenvalue weighted by atomic mass is 16.3. The lowest BCUT2D eigenvalue weighted by Gasteiger charge is -2.58. The Labute approximate surface area is 178 Å². The second kappa shape index (κ2) is 6.35. The molecule has 0 radical (unpaired) electrons. The number of aliphatic hydroxyl groups is 1. The summed E-state index contributed by atoms with van der Waals surface area (Å²) in [6.45, 7) is 11.8. The summed E-state index contributed by atoms with van der Waals surface area (Å²) in [6.07, 6.45) is 14.3. The van der Waals surface area contributed by atoms with E-state index in [1.807, 2.05) is 0 Å². The molecule has 0 unspecified atom stereocenters. The molecule has 0 amide bonds. The summed E-state index contributed by atoms with van der Waals surface area (Å²) in [6, 6.07) is 1.75. The molecule has 162 valence electrons. The summed E-state index contributed by atoms with van der Waals surface area (Å²) < 4.78 is 0. The van der Waals surface area contributed by atoms with Crippen LogP contribution in [-0.4, -0.2) is 34.7 Å². The van der Waals surface area contributed by atoms with Crippen LogP contribution in [0.2, 0.25) is 0 Å². The van der Waals surface area contributed by atoms with Crippen molar-refractivity contribution in [2.24, 2.45) is 46.3 Å². The van der Waals surface area contributed by atoms with E-state index in [1.165, 1.54) is 51.5 Å². The zero-order valence-corrected chi connectivity index (χ0v) is 19.2. The molecular formula is C27H43NO. The highest BCUT2D eigenvalue weighted by Crippen LogP contribution is 2.69. The van der Waals surface area contributed by atoms with Crippen molar-refractivity contribution >= 4 is 0 Å². The molecule has 2 nitrogen and oxygen atoms in total. The molecule has 2 heterocycles. The third kappa shape index (κ3) is 2.48. The number of hydrogen-bond acceptors (Lipinski definition) is 2. The van der Waals surface area contributed by atoms with Crippen LogP contribution in [0.3, 0.4) is 0 Å². The second-order valence-corrected chi connectivity index (χ2v) is 12.8. The summed E-state index contributed by atoms with van der Waals surface area (Å²) in [7, 11) is 0. The summed E-state index contributed by atoms with van der Waals surface area (Å²) in [4.78, 5) is 3.02. The molecular weight excluding hydrogens is 354 g/mol. The van der Waals surface area contributed by atoms with Gasteiger partial charge in [0.1, 0.15) is 0 Å². The maximum Gasteiger partial charge on any atom is 0.0577 e. The Hall–Kier alpha value is -0.340. The second-order valence-electron chi connectivity index (χ2n) is 12.8. The molecule has 0 spiro atoms. The van der Waals surface area contributed by atoms with Crippen molar-refractivity contribution < 1.29 is 5.11 Å². The van der Waals surface area contributed by atoms with Gasteiger partial charge < -0.3 is 5.11 Å². The van der Waals surface area contributed by atoms with Gasteiger partial charge >= 0.3 is 0 Å². The number of rotatable bonds is 0. The first-order chi connectivity index (χ1) is 13.8. The van der Waals surface area contributed by atoms with Gasteiger partial charge in [-0.15, -0.1) is 0 Å². The van der Waals surface area contributed by atoms with Crippen LogP contribution in [0.15, 0.2) is 11.6 Å². The van der Waals surface area contributed by atoms with Crippen molar-refractivity contribution in [3.05, 3.63) is 11.6 Å². The lowest BCUT2D eigenvalue weighted by Crippen LogP contribution is -2.51. The van der Waals surface area contributed by atoms with Gasteiger partial charge in [-0.1, -0.05) is 39.3 Å². The number of aliphatic hydroxyl groups excluding tert-OH is 1. The molecule has 6 aliphatic rings. The van der Waals surface area contributed by atoms with Crippen molar-refractivity contribution in [2.45, 2.75) is 104 Å². The van der Waals surface area contributed by atoms with E-state index >= 15 is 0 Å². The first kappa shape index (κ1) is 19.4. The fourth-order valence-electron chi connectivity index (χ4n) is 10.4. The summed E-state index contributed by atoms with van der Waals surface area (Å²) >= 11 is 0. The molecule has 2 heteroatoms. The summed E-state index contributed by atoms with van der Waals surface area (Å²) in [5.41, 5.74) is 2.58. The van der Waals surface area contributed by atoms with Gasteiger partial charge in [0, 0.05) is 18.6 Å². The summed E-state index contributed by atoms with van der Waals surface area (Å²) in [5.74, 6) is 5.44. The van der Waals surface area contributed by atoms with Crippen LogP contribution < -0.4 is 0 Å². The van der Waals surface area contributed by atoms with Crippen LogP contribution >= 0.6 is 0 Å². The van der Waals surface area contributed by atoms with Gasteiger partial charge in [0.25, 0.3) is 0 Å². The van der Waals surface area contributed by atoms with Gasteiger partial charge in [-0.25, -0.2) is 0 Å². The summed E-state index contributed by atoms with van der Waals surface area (Å²) in [5, 5.41) is 10.3. The van der Waals surface area contributed by atoms with Gasteiger partial charge in [0.2, 0.25) is 0 Å². The smallest absolute Gasteiger partial charge is 0.0577 e. The minimum atomic E-state index is -0.0792. The number of hydrogen-bond donors (Lipinski definition) is 1. The third-order valence-corrected chi connectivity index (χ3v) is 11.7. The Morgan fingerprint density at radius 3 is 2.66 bits per heavy atom.